The van der Waals surface area contributed by atoms with Crippen LogP contribution in [0.15, 0.2) is 41.8 Å². The molecule has 0 spiro atoms. The second kappa shape index (κ2) is 8.01. The molecule has 1 aromatic carbocycles. The highest BCUT2D eigenvalue weighted by Gasteiger charge is 2.29. The number of nitrogens with one attached hydrogen (secondary N) is 2. The van der Waals surface area contributed by atoms with Crippen molar-refractivity contribution in [2.24, 2.45) is 0 Å². The van der Waals surface area contributed by atoms with Crippen molar-refractivity contribution in [2.45, 2.75) is 31.8 Å². The molecule has 0 saturated carbocycles. The first-order chi connectivity index (χ1) is 11.6. The van der Waals surface area contributed by atoms with Crippen LogP contribution in [0.25, 0.3) is 0 Å². The van der Waals surface area contributed by atoms with Crippen molar-refractivity contribution in [3.05, 3.63) is 51.7 Å². The summed E-state index contributed by atoms with van der Waals surface area (Å²) in [5.74, 6) is 0. The molecule has 0 bridgehead atoms. The van der Waals surface area contributed by atoms with Crippen molar-refractivity contribution >= 4 is 34.7 Å². The molecule has 2 atom stereocenters. The van der Waals surface area contributed by atoms with Crippen LogP contribution in [0.4, 0.5) is 10.5 Å². The molecule has 2 amide bonds. The molecule has 0 unspecified atom stereocenters. The van der Waals surface area contributed by atoms with Gasteiger partial charge in [-0.15, -0.1) is 11.3 Å². The summed E-state index contributed by atoms with van der Waals surface area (Å²) < 4.78 is 0. The number of benzene rings is 1. The predicted molar refractivity (Wildman–Crippen MR) is 101 cm³/mol. The number of hydrogen-bond acceptors (Lipinski definition) is 3. The molecule has 3 rings (SSSR count). The van der Waals surface area contributed by atoms with Crippen molar-refractivity contribution in [3.63, 3.8) is 0 Å². The third-order valence-electron chi connectivity index (χ3n) is 4.28. The normalized spacial score (nSPS) is 17.4. The quantitative estimate of drug-likeness (QED) is 0.805. The van der Waals surface area contributed by atoms with Crippen molar-refractivity contribution in [3.8, 4) is 0 Å². The Bertz CT molecular complexity index is 671. The van der Waals surface area contributed by atoms with Gasteiger partial charge in [-0.25, -0.2) is 4.79 Å². The highest BCUT2D eigenvalue weighted by Crippen LogP contribution is 2.31. The van der Waals surface area contributed by atoms with Crippen molar-refractivity contribution in [2.75, 3.05) is 18.4 Å². The summed E-state index contributed by atoms with van der Waals surface area (Å²) in [6.07, 6.45) is 2.45. The topological polar surface area (TPSA) is 44.4 Å². The van der Waals surface area contributed by atoms with Gasteiger partial charge in [0.1, 0.15) is 0 Å². The van der Waals surface area contributed by atoms with Gasteiger partial charge < -0.3 is 10.6 Å². The number of urea groups is 1. The number of rotatable bonds is 5. The number of halogens is 1. The summed E-state index contributed by atoms with van der Waals surface area (Å²) in [4.78, 5) is 16.1. The molecular weight excluding hydrogens is 342 g/mol. The van der Waals surface area contributed by atoms with Gasteiger partial charge in [-0.3, -0.25) is 4.90 Å². The Kier molecular flexibility index (Phi) is 5.76. The number of carbonyl (C=O) groups excluding carboxylic acids is 1. The summed E-state index contributed by atoms with van der Waals surface area (Å²) in [6.45, 7) is 4.25. The zero-order valence-electron chi connectivity index (χ0n) is 13.7. The smallest absolute Gasteiger partial charge is 0.319 e. The second-order valence-electron chi connectivity index (χ2n) is 6.10. The zero-order chi connectivity index (χ0) is 16.9. The van der Waals surface area contributed by atoms with Gasteiger partial charge in [-0.05, 0) is 62.5 Å². The maximum absolute atomic E-state index is 12.3. The first kappa shape index (κ1) is 17.3. The van der Waals surface area contributed by atoms with Gasteiger partial charge in [-0.2, -0.15) is 0 Å². The molecule has 1 aromatic heterocycles. The van der Waals surface area contributed by atoms with Crippen LogP contribution in [0.3, 0.4) is 0 Å². The Labute approximate surface area is 151 Å². The first-order valence-electron chi connectivity index (χ1n) is 8.24. The molecule has 1 fully saturated rings. The summed E-state index contributed by atoms with van der Waals surface area (Å²) in [6, 6.07) is 11.4. The van der Waals surface area contributed by atoms with E-state index < -0.39 is 0 Å². The van der Waals surface area contributed by atoms with Crippen LogP contribution in [0.1, 0.15) is 30.7 Å². The Morgan fingerprint density at radius 2 is 2.04 bits per heavy atom. The third-order valence-corrected chi connectivity index (χ3v) is 5.46. The van der Waals surface area contributed by atoms with Gasteiger partial charge in [0.2, 0.25) is 0 Å². The minimum atomic E-state index is -0.203. The lowest BCUT2D eigenvalue weighted by Gasteiger charge is -2.32. The van der Waals surface area contributed by atoms with Crippen LogP contribution in [0.5, 0.6) is 0 Å². The SMILES string of the molecule is C[C@H](NC(=O)Nc1cccc(Cl)c1)[C@@H](c1cccs1)N1CCCC1. The summed E-state index contributed by atoms with van der Waals surface area (Å²) in [5.41, 5.74) is 0.695. The molecule has 1 aliphatic rings. The molecule has 24 heavy (non-hydrogen) atoms. The fraction of sp³-hybridized carbons (Fsp3) is 0.389. The predicted octanol–water partition coefficient (Wildman–Crippen LogP) is 4.75. The number of thiophene rings is 1. The first-order valence-corrected chi connectivity index (χ1v) is 9.50. The van der Waals surface area contributed by atoms with E-state index >= 15 is 0 Å². The Balaban J connectivity index is 1.66. The minimum absolute atomic E-state index is 0.0148. The Hall–Kier alpha value is -1.56. The molecule has 0 aliphatic carbocycles. The van der Waals surface area contributed by atoms with Gasteiger partial charge in [0.15, 0.2) is 0 Å². The number of hydrogen-bond donors (Lipinski definition) is 2. The molecule has 1 saturated heterocycles. The number of amides is 2. The minimum Gasteiger partial charge on any atom is -0.333 e. The monoisotopic (exact) mass is 363 g/mol. The number of carbonyl (C=O) groups is 1. The van der Waals surface area contributed by atoms with Crippen LogP contribution in [0.2, 0.25) is 5.02 Å². The average Bonchev–Trinajstić information content (AvgIpc) is 3.21. The van der Waals surface area contributed by atoms with Gasteiger partial charge in [0, 0.05) is 21.6 Å². The van der Waals surface area contributed by atoms with E-state index in [1.54, 1.807) is 23.5 Å². The van der Waals surface area contributed by atoms with Crippen LogP contribution in [0, 0.1) is 0 Å². The van der Waals surface area contributed by atoms with E-state index in [0.29, 0.717) is 10.7 Å². The van der Waals surface area contributed by atoms with E-state index in [1.165, 1.54) is 17.7 Å². The average molecular weight is 364 g/mol. The van der Waals surface area contributed by atoms with Crippen LogP contribution < -0.4 is 10.6 Å². The molecule has 6 heteroatoms. The third kappa shape index (κ3) is 4.29. The maximum atomic E-state index is 12.3. The highest BCUT2D eigenvalue weighted by atomic mass is 35.5. The van der Waals surface area contributed by atoms with Crippen LogP contribution >= 0.6 is 22.9 Å². The van der Waals surface area contributed by atoms with E-state index in [2.05, 4.69) is 40.0 Å². The largest absolute Gasteiger partial charge is 0.333 e. The summed E-state index contributed by atoms with van der Waals surface area (Å²) >= 11 is 7.71. The number of nitrogens with zero attached hydrogens (tertiary/aromatic N) is 1. The zero-order valence-corrected chi connectivity index (χ0v) is 15.2. The highest BCUT2D eigenvalue weighted by molar-refractivity contribution is 7.10. The lowest BCUT2D eigenvalue weighted by molar-refractivity contribution is 0.200. The summed E-state index contributed by atoms with van der Waals surface area (Å²) in [5, 5.41) is 8.64. The second-order valence-corrected chi connectivity index (χ2v) is 7.52. The van der Waals surface area contributed by atoms with Gasteiger partial charge >= 0.3 is 6.03 Å². The lowest BCUT2D eigenvalue weighted by Crippen LogP contribution is -2.45. The van der Waals surface area contributed by atoms with Crippen molar-refractivity contribution < 1.29 is 4.79 Å². The molecule has 2 aromatic rings. The van der Waals surface area contributed by atoms with Crippen LogP contribution in [-0.2, 0) is 0 Å². The molecule has 4 nitrogen and oxygen atoms in total. The molecule has 128 valence electrons. The molecular formula is C18H22ClN3OS. The van der Waals surface area contributed by atoms with Crippen molar-refractivity contribution in [1.29, 1.82) is 0 Å². The fourth-order valence-electron chi connectivity index (χ4n) is 3.24. The van der Waals surface area contributed by atoms with E-state index in [0.717, 1.165) is 13.1 Å². The van der Waals surface area contributed by atoms with Crippen LogP contribution in [-0.4, -0.2) is 30.1 Å². The van der Waals surface area contributed by atoms with E-state index in [9.17, 15) is 4.79 Å². The maximum Gasteiger partial charge on any atom is 0.319 e. The molecule has 2 heterocycles. The standard InChI is InChI=1S/C18H22ClN3OS/c1-13(20-18(23)21-15-7-4-6-14(19)12-15)17(16-8-5-11-24-16)22-9-2-3-10-22/h4-8,11-13,17H,2-3,9-10H2,1H3,(H2,20,21,23)/t13-,17-/m0/s1. The van der Waals surface area contributed by atoms with E-state index in [1.807, 2.05) is 12.1 Å². The summed E-state index contributed by atoms with van der Waals surface area (Å²) in [7, 11) is 0. The fourth-order valence-corrected chi connectivity index (χ4v) is 4.40. The van der Waals surface area contributed by atoms with E-state index in [4.69, 9.17) is 11.6 Å². The molecule has 0 radical (unpaired) electrons. The van der Waals surface area contributed by atoms with Crippen molar-refractivity contribution in [1.82, 2.24) is 10.2 Å². The lowest BCUT2D eigenvalue weighted by atomic mass is 10.1. The number of likely N-dealkylation sites (tertiary alicyclic amines) is 1. The molecule has 1 aliphatic heterocycles. The Morgan fingerprint density at radius 1 is 1.25 bits per heavy atom. The van der Waals surface area contributed by atoms with Gasteiger partial charge in [0.25, 0.3) is 0 Å². The Morgan fingerprint density at radius 3 is 2.71 bits per heavy atom. The van der Waals surface area contributed by atoms with E-state index in [-0.39, 0.29) is 18.1 Å². The van der Waals surface area contributed by atoms with Gasteiger partial charge in [-0.1, -0.05) is 23.7 Å². The number of anilines is 1. The van der Waals surface area contributed by atoms with Gasteiger partial charge in [0.05, 0.1) is 6.04 Å². The molecule has 2 N–H and O–H groups in total.